The van der Waals surface area contributed by atoms with E-state index in [1.54, 1.807) is 46.5 Å². The number of fused-ring (bicyclic) bond motifs is 1. The predicted molar refractivity (Wildman–Crippen MR) is 127 cm³/mol. The molecule has 1 aliphatic carbocycles. The number of halogens is 1. The minimum absolute atomic E-state index is 0.0164. The minimum Gasteiger partial charge on any atom is -0.335 e. The standard InChI is InChI=1S/C26H30FN5O3/c27-22-6-5-17(16-23-19-3-1-2-4-20(19)24(33)30-29-23)15-21(22)26(35)32-13-11-31(12-14-32)25(34)18-7-9-28-10-8-18/h5-10,15,19-20,23,29H,1-4,11-14,16H2,(H,30,33). The lowest BCUT2D eigenvalue weighted by Crippen LogP contribution is -2.60. The second kappa shape index (κ2) is 10.1. The summed E-state index contributed by atoms with van der Waals surface area (Å²) in [6.07, 6.45) is 7.83. The van der Waals surface area contributed by atoms with Crippen LogP contribution in [-0.2, 0) is 11.2 Å². The minimum atomic E-state index is -0.547. The molecule has 35 heavy (non-hydrogen) atoms. The molecule has 5 rings (SSSR count). The van der Waals surface area contributed by atoms with Crippen molar-refractivity contribution in [2.75, 3.05) is 26.2 Å². The number of nitrogens with one attached hydrogen (secondary N) is 2. The molecule has 0 bridgehead atoms. The van der Waals surface area contributed by atoms with Gasteiger partial charge in [-0.05, 0) is 55.0 Å². The molecule has 1 aromatic carbocycles. The quantitative estimate of drug-likeness (QED) is 0.701. The van der Waals surface area contributed by atoms with Gasteiger partial charge in [0.2, 0.25) is 5.91 Å². The van der Waals surface area contributed by atoms with Crippen LogP contribution in [0.15, 0.2) is 42.7 Å². The zero-order chi connectivity index (χ0) is 24.4. The average Bonchev–Trinajstić information content (AvgIpc) is 2.91. The number of hydrogen-bond donors (Lipinski definition) is 2. The van der Waals surface area contributed by atoms with Crippen molar-refractivity contribution in [1.29, 1.82) is 0 Å². The lowest BCUT2D eigenvalue weighted by atomic mass is 9.72. The first-order valence-electron chi connectivity index (χ1n) is 12.3. The zero-order valence-corrected chi connectivity index (χ0v) is 19.6. The van der Waals surface area contributed by atoms with E-state index in [2.05, 4.69) is 15.8 Å². The first-order chi connectivity index (χ1) is 17.0. The second-order valence-electron chi connectivity index (χ2n) is 9.63. The van der Waals surface area contributed by atoms with Crippen LogP contribution in [0.25, 0.3) is 0 Å². The summed E-state index contributed by atoms with van der Waals surface area (Å²) in [5.74, 6) is -0.686. The number of rotatable bonds is 4. The van der Waals surface area contributed by atoms with Crippen LogP contribution < -0.4 is 10.9 Å². The molecule has 3 atom stereocenters. The van der Waals surface area contributed by atoms with Crippen LogP contribution in [0.4, 0.5) is 4.39 Å². The molecule has 2 aromatic rings. The first kappa shape index (κ1) is 23.4. The fraction of sp³-hybridized carbons (Fsp3) is 0.462. The number of nitrogens with zero attached hydrogens (tertiary/aromatic N) is 3. The van der Waals surface area contributed by atoms with E-state index < -0.39 is 5.82 Å². The van der Waals surface area contributed by atoms with Gasteiger partial charge in [0.05, 0.1) is 5.56 Å². The van der Waals surface area contributed by atoms with Crippen molar-refractivity contribution in [3.05, 3.63) is 65.2 Å². The molecule has 8 nitrogen and oxygen atoms in total. The molecule has 0 radical (unpaired) electrons. The Morgan fingerprint density at radius 3 is 2.40 bits per heavy atom. The number of hydrazine groups is 1. The molecule has 2 N–H and O–H groups in total. The normalized spacial score (nSPS) is 24.5. The number of piperazine rings is 1. The summed E-state index contributed by atoms with van der Waals surface area (Å²) in [5, 5.41) is 0. The predicted octanol–water partition coefficient (Wildman–Crippen LogP) is 2.17. The maximum atomic E-state index is 14.7. The monoisotopic (exact) mass is 479 g/mol. The molecule has 3 fully saturated rings. The van der Waals surface area contributed by atoms with Crippen molar-refractivity contribution in [2.45, 2.75) is 38.1 Å². The van der Waals surface area contributed by atoms with E-state index in [-0.39, 0.29) is 41.2 Å². The van der Waals surface area contributed by atoms with Gasteiger partial charge in [0.1, 0.15) is 5.82 Å². The average molecular weight is 480 g/mol. The highest BCUT2D eigenvalue weighted by atomic mass is 19.1. The topological polar surface area (TPSA) is 94.6 Å². The second-order valence-corrected chi connectivity index (χ2v) is 9.63. The highest BCUT2D eigenvalue weighted by molar-refractivity contribution is 5.96. The Morgan fingerprint density at radius 2 is 1.66 bits per heavy atom. The molecular formula is C26H30FN5O3. The van der Waals surface area contributed by atoms with Gasteiger partial charge in [0.15, 0.2) is 0 Å². The number of pyridine rings is 1. The molecule has 0 spiro atoms. The first-order valence-corrected chi connectivity index (χ1v) is 12.3. The highest BCUT2D eigenvalue weighted by Crippen LogP contribution is 2.35. The Hall–Kier alpha value is -3.33. The van der Waals surface area contributed by atoms with Crippen molar-refractivity contribution < 1.29 is 18.8 Å². The number of carbonyl (C=O) groups is 3. The Labute approximate surface area is 203 Å². The molecule has 2 aliphatic heterocycles. The maximum absolute atomic E-state index is 14.7. The van der Waals surface area contributed by atoms with E-state index in [0.29, 0.717) is 38.2 Å². The van der Waals surface area contributed by atoms with E-state index in [9.17, 15) is 18.8 Å². The Morgan fingerprint density at radius 1 is 0.971 bits per heavy atom. The van der Waals surface area contributed by atoms with Crippen molar-refractivity contribution in [2.24, 2.45) is 11.8 Å². The molecule has 1 saturated carbocycles. The van der Waals surface area contributed by atoms with Crippen LogP contribution >= 0.6 is 0 Å². The number of carbonyl (C=O) groups excluding carboxylic acids is 3. The molecular weight excluding hydrogens is 449 g/mol. The third-order valence-electron chi connectivity index (χ3n) is 7.55. The Balaban J connectivity index is 1.24. The van der Waals surface area contributed by atoms with Gasteiger partial charge in [-0.15, -0.1) is 0 Å². The van der Waals surface area contributed by atoms with Gasteiger partial charge in [0.25, 0.3) is 11.8 Å². The fourth-order valence-electron chi connectivity index (χ4n) is 5.61. The van der Waals surface area contributed by atoms with Gasteiger partial charge in [-0.1, -0.05) is 18.9 Å². The molecule has 1 aromatic heterocycles. The number of amides is 3. The van der Waals surface area contributed by atoms with E-state index >= 15 is 0 Å². The molecule has 184 valence electrons. The molecule has 3 aliphatic rings. The van der Waals surface area contributed by atoms with Crippen molar-refractivity contribution >= 4 is 17.7 Å². The van der Waals surface area contributed by atoms with Gasteiger partial charge < -0.3 is 9.80 Å². The van der Waals surface area contributed by atoms with E-state index in [4.69, 9.17) is 0 Å². The highest BCUT2D eigenvalue weighted by Gasteiger charge is 2.40. The Bertz CT molecular complexity index is 1100. The van der Waals surface area contributed by atoms with Crippen LogP contribution in [0.5, 0.6) is 0 Å². The van der Waals surface area contributed by atoms with Crippen LogP contribution in [-0.4, -0.2) is 64.7 Å². The van der Waals surface area contributed by atoms with Crippen LogP contribution in [0.3, 0.4) is 0 Å². The van der Waals surface area contributed by atoms with Gasteiger partial charge >= 0.3 is 0 Å². The zero-order valence-electron chi connectivity index (χ0n) is 19.6. The van der Waals surface area contributed by atoms with Gasteiger partial charge in [0, 0.05) is 56.1 Å². The van der Waals surface area contributed by atoms with Crippen LogP contribution in [0.1, 0.15) is 52.0 Å². The van der Waals surface area contributed by atoms with E-state index in [1.165, 1.54) is 6.07 Å². The van der Waals surface area contributed by atoms with Crippen molar-refractivity contribution in [3.8, 4) is 0 Å². The van der Waals surface area contributed by atoms with Crippen LogP contribution in [0, 0.1) is 17.7 Å². The maximum Gasteiger partial charge on any atom is 0.256 e. The van der Waals surface area contributed by atoms with Gasteiger partial charge in [-0.2, -0.15) is 0 Å². The molecule has 9 heteroatoms. The Kier molecular flexibility index (Phi) is 6.77. The summed E-state index contributed by atoms with van der Waals surface area (Å²) in [6.45, 7) is 1.48. The summed E-state index contributed by atoms with van der Waals surface area (Å²) in [4.78, 5) is 45.3. The van der Waals surface area contributed by atoms with Crippen molar-refractivity contribution in [3.63, 3.8) is 0 Å². The number of aromatic nitrogens is 1. The fourth-order valence-corrected chi connectivity index (χ4v) is 5.61. The van der Waals surface area contributed by atoms with Gasteiger partial charge in [-0.25, -0.2) is 9.82 Å². The third-order valence-corrected chi connectivity index (χ3v) is 7.55. The molecule has 3 heterocycles. The summed E-state index contributed by atoms with van der Waals surface area (Å²) in [7, 11) is 0. The van der Waals surface area contributed by atoms with Gasteiger partial charge in [-0.3, -0.25) is 24.8 Å². The summed E-state index contributed by atoms with van der Waals surface area (Å²) >= 11 is 0. The van der Waals surface area contributed by atoms with Crippen molar-refractivity contribution in [1.82, 2.24) is 25.6 Å². The number of hydrogen-bond acceptors (Lipinski definition) is 5. The summed E-state index contributed by atoms with van der Waals surface area (Å²) in [5.41, 5.74) is 7.42. The molecule has 2 saturated heterocycles. The molecule has 3 unspecified atom stereocenters. The van der Waals surface area contributed by atoms with E-state index in [1.807, 2.05) is 0 Å². The largest absolute Gasteiger partial charge is 0.335 e. The third kappa shape index (κ3) is 4.91. The summed E-state index contributed by atoms with van der Waals surface area (Å²) in [6, 6.07) is 8.10. The molecule has 3 amide bonds. The number of benzene rings is 1. The smallest absolute Gasteiger partial charge is 0.256 e. The lowest BCUT2D eigenvalue weighted by molar-refractivity contribution is -0.133. The SMILES string of the molecule is O=C1NNC(Cc2ccc(F)c(C(=O)N3CCN(C(=O)c4ccncc4)CC3)c2)C2CCCCC12. The van der Waals surface area contributed by atoms with E-state index in [0.717, 1.165) is 31.2 Å². The lowest BCUT2D eigenvalue weighted by Gasteiger charge is -2.41. The summed E-state index contributed by atoms with van der Waals surface area (Å²) < 4.78 is 14.7. The van der Waals surface area contributed by atoms with Crippen LogP contribution in [0.2, 0.25) is 0 Å².